The third-order valence-corrected chi connectivity index (χ3v) is 6.13. The number of hydrogen-bond donors (Lipinski definition) is 1. The molecule has 1 aromatic heterocycles. The van der Waals surface area contributed by atoms with E-state index >= 15 is 0 Å². The Kier molecular flexibility index (Phi) is 5.33. The van der Waals surface area contributed by atoms with Crippen molar-refractivity contribution < 1.29 is 24.0 Å². The van der Waals surface area contributed by atoms with Gasteiger partial charge in [0.25, 0.3) is 5.69 Å². The fourth-order valence-corrected chi connectivity index (χ4v) is 4.29. The van der Waals surface area contributed by atoms with Crippen LogP contribution in [-0.4, -0.2) is 46.1 Å². The molecule has 0 spiro atoms. The monoisotopic (exact) mass is 450 g/mol. The quantitative estimate of drug-likeness (QED) is 0.472. The second kappa shape index (κ2) is 8.45. The van der Waals surface area contributed by atoms with E-state index in [1.165, 1.54) is 12.1 Å². The number of nitro benzene ring substituents is 1. The lowest BCUT2D eigenvalue weighted by molar-refractivity contribution is -0.384. The molecule has 0 radical (unpaired) electrons. The molecule has 1 fully saturated rings. The molecule has 0 bridgehead atoms. The summed E-state index contributed by atoms with van der Waals surface area (Å²) in [5.74, 6) is 0.987. The van der Waals surface area contributed by atoms with Crippen LogP contribution < -0.4 is 14.8 Å². The number of benzene rings is 2. The molecular weight excluding hydrogens is 428 g/mol. The predicted octanol–water partition coefficient (Wildman–Crippen LogP) is 3.16. The number of rotatable bonds is 5. The molecule has 2 amide bonds. The second-order valence-corrected chi connectivity index (χ2v) is 8.16. The lowest BCUT2D eigenvalue weighted by Gasteiger charge is -2.31. The third-order valence-electron chi connectivity index (χ3n) is 6.13. The van der Waals surface area contributed by atoms with E-state index < -0.39 is 4.92 Å². The number of nitro groups is 1. The van der Waals surface area contributed by atoms with Gasteiger partial charge in [-0.15, -0.1) is 0 Å². The molecule has 2 aromatic carbocycles. The van der Waals surface area contributed by atoms with Gasteiger partial charge >= 0.3 is 0 Å². The van der Waals surface area contributed by atoms with Crippen molar-refractivity contribution in [3.63, 3.8) is 0 Å². The molecule has 0 atom stereocenters. The summed E-state index contributed by atoms with van der Waals surface area (Å²) in [5, 5.41) is 14.6. The van der Waals surface area contributed by atoms with E-state index in [1.807, 2.05) is 0 Å². The first kappa shape index (κ1) is 20.8. The summed E-state index contributed by atoms with van der Waals surface area (Å²) >= 11 is 0. The van der Waals surface area contributed by atoms with Crippen molar-refractivity contribution in [2.75, 3.05) is 25.2 Å². The summed E-state index contributed by atoms with van der Waals surface area (Å²) in [7, 11) is 0. The number of piperidine rings is 1. The van der Waals surface area contributed by atoms with Gasteiger partial charge in [-0.3, -0.25) is 19.7 Å². The van der Waals surface area contributed by atoms with Crippen LogP contribution in [0.5, 0.6) is 11.5 Å². The number of non-ortho nitro benzene ring substituents is 1. The molecule has 1 N–H and O–H groups in total. The van der Waals surface area contributed by atoms with E-state index in [2.05, 4.69) is 5.32 Å². The minimum Gasteiger partial charge on any atom is -0.454 e. The molecule has 0 unspecified atom stereocenters. The molecule has 170 valence electrons. The van der Waals surface area contributed by atoms with Crippen molar-refractivity contribution >= 4 is 34.1 Å². The highest BCUT2D eigenvalue weighted by Crippen LogP contribution is 2.34. The van der Waals surface area contributed by atoms with Gasteiger partial charge in [0.15, 0.2) is 11.5 Å². The van der Waals surface area contributed by atoms with Crippen molar-refractivity contribution in [1.82, 2.24) is 9.47 Å². The van der Waals surface area contributed by atoms with Crippen LogP contribution in [0.1, 0.15) is 12.8 Å². The van der Waals surface area contributed by atoms with Crippen molar-refractivity contribution in [3.05, 3.63) is 58.8 Å². The number of nitrogens with zero attached hydrogens (tertiary/aromatic N) is 3. The highest BCUT2D eigenvalue weighted by atomic mass is 16.7. The van der Waals surface area contributed by atoms with Crippen molar-refractivity contribution in [3.8, 4) is 11.5 Å². The fraction of sp³-hybridized carbons (Fsp3) is 0.304. The summed E-state index contributed by atoms with van der Waals surface area (Å²) in [6.07, 6.45) is 2.93. The minimum atomic E-state index is -0.436. The Bertz CT molecular complexity index is 1240. The number of ether oxygens (including phenoxy) is 2. The topological polar surface area (TPSA) is 116 Å². The normalized spacial score (nSPS) is 15.6. The molecule has 0 aliphatic carbocycles. The Labute approximate surface area is 188 Å². The summed E-state index contributed by atoms with van der Waals surface area (Å²) in [4.78, 5) is 37.8. The van der Waals surface area contributed by atoms with E-state index in [4.69, 9.17) is 9.47 Å². The molecule has 10 heteroatoms. The Balaban J connectivity index is 1.16. The number of amides is 2. The van der Waals surface area contributed by atoms with Gasteiger partial charge in [-0.1, -0.05) is 0 Å². The maximum atomic E-state index is 12.8. The molecule has 1 saturated heterocycles. The van der Waals surface area contributed by atoms with Gasteiger partial charge in [-0.25, -0.2) is 0 Å². The molecule has 33 heavy (non-hydrogen) atoms. The zero-order valence-electron chi connectivity index (χ0n) is 17.7. The number of anilines is 1. The van der Waals surface area contributed by atoms with Crippen molar-refractivity contribution in [2.45, 2.75) is 19.4 Å². The highest BCUT2D eigenvalue weighted by molar-refractivity contribution is 5.93. The van der Waals surface area contributed by atoms with Crippen molar-refractivity contribution in [2.24, 2.45) is 5.92 Å². The minimum absolute atomic E-state index is 0.0210. The van der Waals surface area contributed by atoms with Gasteiger partial charge in [0, 0.05) is 60.0 Å². The summed E-state index contributed by atoms with van der Waals surface area (Å²) < 4.78 is 12.4. The highest BCUT2D eigenvalue weighted by Gasteiger charge is 2.28. The number of fused-ring (bicyclic) bond motifs is 2. The van der Waals surface area contributed by atoms with E-state index in [1.54, 1.807) is 46.0 Å². The maximum absolute atomic E-state index is 12.8. The standard InChI is InChI=1S/C23H22N4O6/c28-22(13-26-10-7-16-11-18(27(30)31)2-3-19(16)26)25-8-5-15(6-9-25)23(29)24-17-1-4-20-21(12-17)33-14-32-20/h1-4,7,10-12,15H,5-6,8-9,13-14H2,(H,24,29). The SMILES string of the molecule is O=C(Nc1ccc2c(c1)OCO2)C1CCN(C(=O)Cn2ccc3cc([N+](=O)[O-])ccc32)CC1. The van der Waals surface area contributed by atoms with Gasteiger partial charge in [-0.05, 0) is 37.1 Å². The van der Waals surface area contributed by atoms with E-state index in [-0.39, 0.29) is 36.8 Å². The van der Waals surface area contributed by atoms with Crippen LogP contribution in [0, 0.1) is 16.0 Å². The van der Waals surface area contributed by atoms with Gasteiger partial charge < -0.3 is 24.3 Å². The number of carbonyl (C=O) groups excluding carboxylic acids is 2. The van der Waals surface area contributed by atoms with Crippen LogP contribution in [0.3, 0.4) is 0 Å². The molecule has 5 rings (SSSR count). The Morgan fingerprint density at radius 3 is 2.64 bits per heavy atom. The first-order chi connectivity index (χ1) is 16.0. The number of likely N-dealkylation sites (tertiary alicyclic amines) is 1. The van der Waals surface area contributed by atoms with Crippen LogP contribution in [0.25, 0.3) is 10.9 Å². The average Bonchev–Trinajstić information content (AvgIpc) is 3.45. The Hall–Kier alpha value is -4.08. The molecule has 3 aromatic rings. The summed E-state index contributed by atoms with van der Waals surface area (Å²) in [6, 6.07) is 11.7. The maximum Gasteiger partial charge on any atom is 0.270 e. The largest absolute Gasteiger partial charge is 0.454 e. The van der Waals surface area contributed by atoms with E-state index in [9.17, 15) is 19.7 Å². The predicted molar refractivity (Wildman–Crippen MR) is 119 cm³/mol. The molecular formula is C23H22N4O6. The molecule has 2 aliphatic rings. The number of nitrogens with one attached hydrogen (secondary N) is 1. The number of hydrogen-bond acceptors (Lipinski definition) is 6. The zero-order valence-corrected chi connectivity index (χ0v) is 17.7. The second-order valence-electron chi connectivity index (χ2n) is 8.16. The van der Waals surface area contributed by atoms with Crippen LogP contribution in [0.15, 0.2) is 48.7 Å². The average molecular weight is 450 g/mol. The smallest absolute Gasteiger partial charge is 0.270 e. The van der Waals surface area contributed by atoms with Gasteiger partial charge in [-0.2, -0.15) is 0 Å². The van der Waals surface area contributed by atoms with E-state index in [0.29, 0.717) is 43.1 Å². The lowest BCUT2D eigenvalue weighted by atomic mass is 9.95. The summed E-state index contributed by atoms with van der Waals surface area (Å²) in [6.45, 7) is 1.33. The van der Waals surface area contributed by atoms with Crippen LogP contribution in [0.2, 0.25) is 0 Å². The fourth-order valence-electron chi connectivity index (χ4n) is 4.29. The van der Waals surface area contributed by atoms with Crippen LogP contribution in [0.4, 0.5) is 11.4 Å². The van der Waals surface area contributed by atoms with Crippen LogP contribution >= 0.6 is 0 Å². The zero-order chi connectivity index (χ0) is 22.9. The lowest BCUT2D eigenvalue weighted by Crippen LogP contribution is -2.42. The number of aromatic nitrogens is 1. The van der Waals surface area contributed by atoms with Crippen LogP contribution in [-0.2, 0) is 16.1 Å². The van der Waals surface area contributed by atoms with E-state index in [0.717, 1.165) is 10.9 Å². The van der Waals surface area contributed by atoms with Gasteiger partial charge in [0.1, 0.15) is 6.54 Å². The molecule has 10 nitrogen and oxygen atoms in total. The Morgan fingerprint density at radius 2 is 1.85 bits per heavy atom. The molecule has 0 saturated carbocycles. The molecule has 2 aliphatic heterocycles. The number of carbonyl (C=O) groups is 2. The third kappa shape index (κ3) is 4.19. The van der Waals surface area contributed by atoms with Gasteiger partial charge in [0.05, 0.1) is 4.92 Å². The van der Waals surface area contributed by atoms with Gasteiger partial charge in [0.2, 0.25) is 18.6 Å². The first-order valence-electron chi connectivity index (χ1n) is 10.7. The summed E-state index contributed by atoms with van der Waals surface area (Å²) in [5.41, 5.74) is 1.45. The molecule has 3 heterocycles. The first-order valence-corrected chi connectivity index (χ1v) is 10.7. The van der Waals surface area contributed by atoms with Crippen molar-refractivity contribution in [1.29, 1.82) is 0 Å². The Morgan fingerprint density at radius 1 is 1.06 bits per heavy atom.